The summed E-state index contributed by atoms with van der Waals surface area (Å²) in [5.41, 5.74) is 0.986. The van der Waals surface area contributed by atoms with Gasteiger partial charge in [0.1, 0.15) is 5.82 Å². The number of benzene rings is 1. The van der Waals surface area contributed by atoms with Crippen molar-refractivity contribution in [2.75, 3.05) is 0 Å². The summed E-state index contributed by atoms with van der Waals surface area (Å²) < 4.78 is 12.6. The SMILES string of the molecule is O=C1CCC[C@@H](c2ccc(F)cc2)N1. The van der Waals surface area contributed by atoms with Crippen LogP contribution in [0.4, 0.5) is 4.39 Å². The van der Waals surface area contributed by atoms with Crippen LogP contribution < -0.4 is 5.32 Å². The summed E-state index contributed by atoms with van der Waals surface area (Å²) >= 11 is 0. The van der Waals surface area contributed by atoms with Crippen LogP contribution in [0.25, 0.3) is 0 Å². The van der Waals surface area contributed by atoms with Gasteiger partial charge in [0.15, 0.2) is 0 Å². The molecule has 2 nitrogen and oxygen atoms in total. The first-order valence-electron chi connectivity index (χ1n) is 4.80. The van der Waals surface area contributed by atoms with Gasteiger partial charge in [-0.2, -0.15) is 0 Å². The summed E-state index contributed by atoms with van der Waals surface area (Å²) in [6.07, 6.45) is 2.46. The van der Waals surface area contributed by atoms with Crippen molar-refractivity contribution in [2.24, 2.45) is 0 Å². The van der Waals surface area contributed by atoms with Gasteiger partial charge in [0.2, 0.25) is 5.91 Å². The minimum Gasteiger partial charge on any atom is -0.349 e. The monoisotopic (exact) mass is 193 g/mol. The zero-order chi connectivity index (χ0) is 9.97. The number of amides is 1. The Labute approximate surface area is 82.1 Å². The predicted octanol–water partition coefficient (Wildman–Crippen LogP) is 2.17. The summed E-state index contributed by atoms with van der Waals surface area (Å²) in [4.78, 5) is 11.1. The van der Waals surface area contributed by atoms with Gasteiger partial charge < -0.3 is 5.32 Å². The Morgan fingerprint density at radius 2 is 2.00 bits per heavy atom. The Morgan fingerprint density at radius 3 is 2.64 bits per heavy atom. The second kappa shape index (κ2) is 3.78. The standard InChI is InChI=1S/C11H12FNO/c12-9-6-4-8(5-7-9)10-2-1-3-11(14)13-10/h4-7,10H,1-3H2,(H,13,14)/t10-/m0/s1. The van der Waals surface area contributed by atoms with Gasteiger partial charge in [-0.15, -0.1) is 0 Å². The van der Waals surface area contributed by atoms with Crippen LogP contribution in [-0.4, -0.2) is 5.91 Å². The Morgan fingerprint density at radius 1 is 1.29 bits per heavy atom. The van der Waals surface area contributed by atoms with Gasteiger partial charge in [-0.1, -0.05) is 12.1 Å². The van der Waals surface area contributed by atoms with E-state index in [4.69, 9.17) is 0 Å². The fraction of sp³-hybridized carbons (Fsp3) is 0.364. The molecule has 1 N–H and O–H groups in total. The second-order valence-corrected chi connectivity index (χ2v) is 3.56. The van der Waals surface area contributed by atoms with Gasteiger partial charge in [0.05, 0.1) is 6.04 Å². The van der Waals surface area contributed by atoms with E-state index in [1.54, 1.807) is 12.1 Å². The van der Waals surface area contributed by atoms with E-state index in [2.05, 4.69) is 5.32 Å². The van der Waals surface area contributed by atoms with Gasteiger partial charge in [0.25, 0.3) is 0 Å². The number of halogens is 1. The minimum absolute atomic E-state index is 0.0665. The highest BCUT2D eigenvalue weighted by Gasteiger charge is 2.19. The van der Waals surface area contributed by atoms with Gasteiger partial charge in [-0.3, -0.25) is 4.79 Å². The van der Waals surface area contributed by atoms with Crippen molar-refractivity contribution in [3.8, 4) is 0 Å². The number of rotatable bonds is 1. The Hall–Kier alpha value is -1.38. The molecule has 1 aromatic rings. The average molecular weight is 193 g/mol. The van der Waals surface area contributed by atoms with Crippen LogP contribution in [0.5, 0.6) is 0 Å². The molecular weight excluding hydrogens is 181 g/mol. The zero-order valence-electron chi connectivity index (χ0n) is 7.79. The third-order valence-corrected chi connectivity index (χ3v) is 2.50. The first-order chi connectivity index (χ1) is 6.75. The summed E-state index contributed by atoms with van der Waals surface area (Å²) in [6, 6.07) is 6.38. The average Bonchev–Trinajstić information content (AvgIpc) is 2.19. The van der Waals surface area contributed by atoms with Crippen molar-refractivity contribution in [1.82, 2.24) is 5.32 Å². The van der Waals surface area contributed by atoms with Crippen molar-refractivity contribution in [2.45, 2.75) is 25.3 Å². The normalized spacial score (nSPS) is 21.8. The number of carbonyl (C=O) groups is 1. The molecule has 1 amide bonds. The molecule has 0 spiro atoms. The summed E-state index contributed by atoms with van der Waals surface area (Å²) in [6.45, 7) is 0. The highest BCUT2D eigenvalue weighted by Crippen LogP contribution is 2.23. The van der Waals surface area contributed by atoms with Crippen molar-refractivity contribution < 1.29 is 9.18 Å². The molecule has 1 atom stereocenters. The van der Waals surface area contributed by atoms with Crippen LogP contribution in [-0.2, 0) is 4.79 Å². The van der Waals surface area contributed by atoms with E-state index < -0.39 is 0 Å². The topological polar surface area (TPSA) is 29.1 Å². The Kier molecular flexibility index (Phi) is 2.48. The van der Waals surface area contributed by atoms with Crippen LogP contribution in [0.3, 0.4) is 0 Å². The molecule has 1 fully saturated rings. The molecule has 0 aliphatic carbocycles. The molecule has 2 rings (SSSR count). The van der Waals surface area contributed by atoms with Crippen molar-refractivity contribution in [3.05, 3.63) is 35.6 Å². The van der Waals surface area contributed by atoms with E-state index in [0.29, 0.717) is 6.42 Å². The predicted molar refractivity (Wildman–Crippen MR) is 51.1 cm³/mol. The molecule has 1 heterocycles. The third kappa shape index (κ3) is 1.92. The molecule has 1 aromatic carbocycles. The fourth-order valence-corrected chi connectivity index (χ4v) is 1.75. The number of nitrogens with one attached hydrogen (secondary N) is 1. The molecule has 0 bridgehead atoms. The maximum Gasteiger partial charge on any atom is 0.220 e. The molecule has 1 aliphatic heterocycles. The largest absolute Gasteiger partial charge is 0.349 e. The van der Waals surface area contributed by atoms with Crippen LogP contribution in [0.2, 0.25) is 0 Å². The second-order valence-electron chi connectivity index (χ2n) is 3.56. The van der Waals surface area contributed by atoms with Crippen LogP contribution in [0.15, 0.2) is 24.3 Å². The summed E-state index contributed by atoms with van der Waals surface area (Å²) in [5, 5.41) is 2.89. The highest BCUT2D eigenvalue weighted by atomic mass is 19.1. The van der Waals surface area contributed by atoms with Gasteiger partial charge in [0, 0.05) is 6.42 Å². The van der Waals surface area contributed by atoms with Crippen LogP contribution in [0.1, 0.15) is 30.9 Å². The molecule has 1 saturated heterocycles. The molecule has 1 aliphatic rings. The number of carbonyl (C=O) groups excluding carboxylic acids is 1. The lowest BCUT2D eigenvalue weighted by Gasteiger charge is -2.23. The lowest BCUT2D eigenvalue weighted by atomic mass is 9.97. The highest BCUT2D eigenvalue weighted by molar-refractivity contribution is 5.77. The molecule has 0 saturated carbocycles. The maximum absolute atomic E-state index is 12.6. The molecule has 0 aromatic heterocycles. The van der Waals surface area contributed by atoms with Crippen molar-refractivity contribution in [1.29, 1.82) is 0 Å². The molecule has 3 heteroatoms. The van der Waals surface area contributed by atoms with E-state index in [-0.39, 0.29) is 17.8 Å². The molecular formula is C11H12FNO. The van der Waals surface area contributed by atoms with E-state index >= 15 is 0 Å². The minimum atomic E-state index is -0.240. The van der Waals surface area contributed by atoms with E-state index in [0.717, 1.165) is 18.4 Å². The molecule has 0 unspecified atom stereocenters. The molecule has 0 radical (unpaired) electrons. The summed E-state index contributed by atoms with van der Waals surface area (Å²) in [7, 11) is 0. The maximum atomic E-state index is 12.6. The van der Waals surface area contributed by atoms with Crippen LogP contribution >= 0.6 is 0 Å². The number of piperidine rings is 1. The first kappa shape index (κ1) is 9.19. The quantitative estimate of drug-likeness (QED) is 0.727. The third-order valence-electron chi connectivity index (χ3n) is 2.50. The number of hydrogen-bond acceptors (Lipinski definition) is 1. The fourth-order valence-electron chi connectivity index (χ4n) is 1.75. The van der Waals surface area contributed by atoms with E-state index in [9.17, 15) is 9.18 Å². The van der Waals surface area contributed by atoms with Crippen molar-refractivity contribution >= 4 is 5.91 Å². The van der Waals surface area contributed by atoms with Gasteiger partial charge >= 0.3 is 0 Å². The van der Waals surface area contributed by atoms with E-state index in [1.807, 2.05) is 0 Å². The Balaban J connectivity index is 2.14. The van der Waals surface area contributed by atoms with E-state index in [1.165, 1.54) is 12.1 Å². The van der Waals surface area contributed by atoms with Crippen molar-refractivity contribution in [3.63, 3.8) is 0 Å². The number of hydrogen-bond donors (Lipinski definition) is 1. The van der Waals surface area contributed by atoms with Gasteiger partial charge in [-0.25, -0.2) is 4.39 Å². The van der Waals surface area contributed by atoms with Crippen LogP contribution in [0, 0.1) is 5.82 Å². The Bertz CT molecular complexity index is 334. The first-order valence-corrected chi connectivity index (χ1v) is 4.80. The van der Waals surface area contributed by atoms with Gasteiger partial charge in [-0.05, 0) is 30.5 Å². The lowest BCUT2D eigenvalue weighted by molar-refractivity contribution is -0.123. The molecule has 14 heavy (non-hydrogen) atoms. The smallest absolute Gasteiger partial charge is 0.220 e. The lowest BCUT2D eigenvalue weighted by Crippen LogP contribution is -2.32. The summed E-state index contributed by atoms with van der Waals surface area (Å²) in [5.74, 6) is -0.151. The zero-order valence-corrected chi connectivity index (χ0v) is 7.79. The molecule has 74 valence electrons.